The molecule has 2 aromatic carbocycles. The number of ether oxygens (including phenoxy) is 1. The summed E-state index contributed by atoms with van der Waals surface area (Å²) in [5, 5.41) is 13.3. The van der Waals surface area contributed by atoms with Crippen molar-refractivity contribution in [2.45, 2.75) is 18.9 Å². The van der Waals surface area contributed by atoms with Gasteiger partial charge in [0.25, 0.3) is 0 Å². The zero-order valence-electron chi connectivity index (χ0n) is 11.7. The summed E-state index contributed by atoms with van der Waals surface area (Å²) in [5.74, 6) is 0.856. The number of nitrogens with zero attached hydrogens (tertiary/aromatic N) is 1. The van der Waals surface area contributed by atoms with Crippen molar-refractivity contribution in [1.82, 2.24) is 0 Å². The van der Waals surface area contributed by atoms with Crippen LogP contribution in [0.1, 0.15) is 29.2 Å². The monoisotopic (exact) mass is 298 g/mol. The van der Waals surface area contributed by atoms with Gasteiger partial charge < -0.3 is 10.1 Å². The Bertz CT molecular complexity index is 721. The molecule has 0 fully saturated rings. The van der Waals surface area contributed by atoms with Crippen LogP contribution in [0.5, 0.6) is 5.75 Å². The van der Waals surface area contributed by atoms with E-state index in [0.29, 0.717) is 10.6 Å². The number of hydrogen-bond donors (Lipinski definition) is 1. The summed E-state index contributed by atoms with van der Waals surface area (Å²) in [7, 11) is 1.67. The topological polar surface area (TPSA) is 45.0 Å². The first-order valence-corrected chi connectivity index (χ1v) is 7.22. The molecule has 4 heteroatoms. The van der Waals surface area contributed by atoms with Crippen LogP contribution in [0.2, 0.25) is 5.02 Å². The van der Waals surface area contributed by atoms with Crippen molar-refractivity contribution in [1.29, 1.82) is 5.26 Å². The van der Waals surface area contributed by atoms with Crippen LogP contribution >= 0.6 is 11.6 Å². The first-order chi connectivity index (χ1) is 10.2. The lowest BCUT2D eigenvalue weighted by molar-refractivity contribution is 0.414. The quantitative estimate of drug-likeness (QED) is 0.918. The van der Waals surface area contributed by atoms with Crippen molar-refractivity contribution in [2.75, 3.05) is 12.4 Å². The highest BCUT2D eigenvalue weighted by Crippen LogP contribution is 2.37. The van der Waals surface area contributed by atoms with Crippen LogP contribution in [0.15, 0.2) is 36.4 Å². The van der Waals surface area contributed by atoms with Crippen LogP contribution in [-0.2, 0) is 6.42 Å². The minimum Gasteiger partial charge on any atom is -0.497 e. The van der Waals surface area contributed by atoms with Gasteiger partial charge in [0.2, 0.25) is 0 Å². The summed E-state index contributed by atoms with van der Waals surface area (Å²) < 4.78 is 5.30. The van der Waals surface area contributed by atoms with Gasteiger partial charge in [-0.25, -0.2) is 0 Å². The Morgan fingerprint density at radius 3 is 2.90 bits per heavy atom. The Hall–Kier alpha value is -2.18. The lowest BCUT2D eigenvalue weighted by Gasteiger charge is -2.17. The second-order valence-electron chi connectivity index (χ2n) is 5.10. The minimum absolute atomic E-state index is 0.181. The number of methoxy groups -OCH3 is 1. The van der Waals surface area contributed by atoms with Crippen LogP contribution < -0.4 is 10.1 Å². The van der Waals surface area contributed by atoms with Gasteiger partial charge in [0.15, 0.2) is 0 Å². The second kappa shape index (κ2) is 5.67. The maximum Gasteiger partial charge on any atom is 0.119 e. The van der Waals surface area contributed by atoms with Gasteiger partial charge in [0.1, 0.15) is 11.8 Å². The second-order valence-corrected chi connectivity index (χ2v) is 5.54. The lowest BCUT2D eigenvalue weighted by atomic mass is 10.1. The number of nitriles is 1. The predicted octanol–water partition coefficient (Wildman–Crippen LogP) is 4.32. The maximum atomic E-state index is 9.21. The van der Waals surface area contributed by atoms with Gasteiger partial charge in [-0.15, -0.1) is 0 Å². The molecule has 0 radical (unpaired) electrons. The Labute approximate surface area is 129 Å². The fourth-order valence-corrected chi connectivity index (χ4v) is 2.95. The molecule has 3 nitrogen and oxygen atoms in total. The van der Waals surface area contributed by atoms with Crippen LogP contribution in [0.4, 0.5) is 5.69 Å². The lowest BCUT2D eigenvalue weighted by Crippen LogP contribution is -2.08. The third-order valence-corrected chi connectivity index (χ3v) is 4.10. The average Bonchev–Trinajstić information content (AvgIpc) is 2.90. The van der Waals surface area contributed by atoms with E-state index in [9.17, 15) is 5.26 Å². The van der Waals surface area contributed by atoms with E-state index in [2.05, 4.69) is 23.5 Å². The molecule has 0 bridgehead atoms. The zero-order chi connectivity index (χ0) is 14.8. The van der Waals surface area contributed by atoms with Crippen molar-refractivity contribution in [3.63, 3.8) is 0 Å². The van der Waals surface area contributed by atoms with E-state index in [0.717, 1.165) is 24.3 Å². The maximum absolute atomic E-state index is 9.21. The first-order valence-electron chi connectivity index (χ1n) is 6.84. The summed E-state index contributed by atoms with van der Waals surface area (Å²) in [6, 6.07) is 13.8. The SMILES string of the molecule is COc1ccc2c(c1)C(Nc1cc(Cl)ccc1C#N)CC2. The summed E-state index contributed by atoms with van der Waals surface area (Å²) >= 11 is 6.04. The third kappa shape index (κ3) is 2.68. The minimum atomic E-state index is 0.181. The number of fused-ring (bicyclic) bond motifs is 1. The highest BCUT2D eigenvalue weighted by Gasteiger charge is 2.23. The number of halogens is 1. The first kappa shape index (κ1) is 13.8. The highest BCUT2D eigenvalue weighted by molar-refractivity contribution is 6.30. The normalized spacial score (nSPS) is 16.1. The molecule has 3 rings (SSSR count). The number of aryl methyl sites for hydroxylation is 1. The summed E-state index contributed by atoms with van der Waals surface area (Å²) in [6.45, 7) is 0. The number of benzene rings is 2. The van der Waals surface area contributed by atoms with Crippen LogP contribution in [0.3, 0.4) is 0 Å². The summed E-state index contributed by atoms with van der Waals surface area (Å²) in [4.78, 5) is 0. The van der Waals surface area contributed by atoms with Crippen LogP contribution in [0.25, 0.3) is 0 Å². The van der Waals surface area contributed by atoms with E-state index in [1.165, 1.54) is 11.1 Å². The van der Waals surface area contributed by atoms with Gasteiger partial charge in [0.05, 0.1) is 24.4 Å². The standard InChI is InChI=1S/C17H15ClN2O/c1-21-14-6-3-11-4-7-16(15(11)9-14)20-17-8-13(18)5-2-12(17)10-19/h2-3,5-6,8-9,16,20H,4,7H2,1H3. The van der Waals surface area contributed by atoms with Crippen molar-refractivity contribution in [2.24, 2.45) is 0 Å². The van der Waals surface area contributed by atoms with Crippen molar-refractivity contribution in [3.05, 3.63) is 58.1 Å². The molecule has 1 aliphatic rings. The fraction of sp³-hybridized carbons (Fsp3) is 0.235. The molecule has 1 unspecified atom stereocenters. The van der Waals surface area contributed by atoms with Crippen LogP contribution in [-0.4, -0.2) is 7.11 Å². The summed E-state index contributed by atoms with van der Waals surface area (Å²) in [6.07, 6.45) is 2.03. The third-order valence-electron chi connectivity index (χ3n) is 3.86. The molecule has 21 heavy (non-hydrogen) atoms. The average molecular weight is 299 g/mol. The van der Waals surface area contributed by atoms with Crippen LogP contribution in [0, 0.1) is 11.3 Å². The summed E-state index contributed by atoms with van der Waals surface area (Å²) in [5.41, 5.74) is 3.95. The van der Waals surface area contributed by atoms with Crippen molar-refractivity contribution >= 4 is 17.3 Å². The van der Waals surface area contributed by atoms with Gasteiger partial charge in [-0.05, 0) is 54.3 Å². The van der Waals surface area contributed by atoms with E-state index in [1.807, 2.05) is 6.07 Å². The van der Waals surface area contributed by atoms with Gasteiger partial charge in [-0.2, -0.15) is 5.26 Å². The molecule has 1 atom stereocenters. The Kier molecular flexibility index (Phi) is 3.72. The molecule has 0 saturated heterocycles. The molecule has 0 amide bonds. The number of anilines is 1. The largest absolute Gasteiger partial charge is 0.497 e. The molecule has 0 aliphatic heterocycles. The fourth-order valence-electron chi connectivity index (χ4n) is 2.78. The number of nitrogens with one attached hydrogen (secondary N) is 1. The van der Waals surface area contributed by atoms with Crippen molar-refractivity contribution in [3.8, 4) is 11.8 Å². The molecular formula is C17H15ClN2O. The van der Waals surface area contributed by atoms with E-state index < -0.39 is 0 Å². The zero-order valence-corrected chi connectivity index (χ0v) is 12.4. The van der Waals surface area contributed by atoms with Gasteiger partial charge in [0, 0.05) is 5.02 Å². The molecule has 0 heterocycles. The molecule has 1 aliphatic carbocycles. The van der Waals surface area contributed by atoms with E-state index in [-0.39, 0.29) is 6.04 Å². The molecule has 1 N–H and O–H groups in total. The Morgan fingerprint density at radius 1 is 1.29 bits per heavy atom. The molecule has 106 valence electrons. The molecule has 2 aromatic rings. The molecule has 0 aromatic heterocycles. The van der Waals surface area contributed by atoms with Gasteiger partial charge >= 0.3 is 0 Å². The number of rotatable bonds is 3. The van der Waals surface area contributed by atoms with E-state index >= 15 is 0 Å². The van der Waals surface area contributed by atoms with E-state index in [4.69, 9.17) is 16.3 Å². The molecule has 0 saturated carbocycles. The van der Waals surface area contributed by atoms with E-state index in [1.54, 1.807) is 25.3 Å². The highest BCUT2D eigenvalue weighted by atomic mass is 35.5. The smallest absolute Gasteiger partial charge is 0.119 e. The predicted molar refractivity (Wildman–Crippen MR) is 83.8 cm³/mol. The van der Waals surface area contributed by atoms with Gasteiger partial charge in [-0.1, -0.05) is 17.7 Å². The van der Waals surface area contributed by atoms with Gasteiger partial charge in [-0.3, -0.25) is 0 Å². The molecule has 0 spiro atoms. The Balaban J connectivity index is 1.92. The van der Waals surface area contributed by atoms with Crippen molar-refractivity contribution < 1.29 is 4.74 Å². The Morgan fingerprint density at radius 2 is 2.14 bits per heavy atom. The number of hydrogen-bond acceptors (Lipinski definition) is 3. The molecular weight excluding hydrogens is 284 g/mol.